The summed E-state index contributed by atoms with van der Waals surface area (Å²) in [5.41, 5.74) is 1.48. The highest BCUT2D eigenvalue weighted by atomic mass is 16.5. The summed E-state index contributed by atoms with van der Waals surface area (Å²) in [4.78, 5) is 12.2. The number of para-hydroxylation sites is 1. The maximum Gasteiger partial charge on any atom is 0.253 e. The second-order valence-electron chi connectivity index (χ2n) is 4.57. The van der Waals surface area contributed by atoms with Crippen molar-refractivity contribution in [3.8, 4) is 0 Å². The molecule has 1 amide bonds. The van der Waals surface area contributed by atoms with Gasteiger partial charge in [-0.05, 0) is 18.1 Å². The number of carbonyl (C=O) groups is 1. The Morgan fingerprint density at radius 1 is 1.33 bits per heavy atom. The number of ether oxygens (including phenoxy) is 1. The van der Waals surface area contributed by atoms with Gasteiger partial charge in [0.05, 0.1) is 18.2 Å². The smallest absolute Gasteiger partial charge is 0.253 e. The summed E-state index contributed by atoms with van der Waals surface area (Å²) in [6.07, 6.45) is 0. The van der Waals surface area contributed by atoms with Gasteiger partial charge >= 0.3 is 0 Å². The van der Waals surface area contributed by atoms with Crippen LogP contribution in [0.2, 0.25) is 0 Å². The van der Waals surface area contributed by atoms with Gasteiger partial charge < -0.3 is 15.4 Å². The number of hydrogen-bond acceptors (Lipinski definition) is 3. The van der Waals surface area contributed by atoms with E-state index in [4.69, 9.17) is 4.74 Å². The van der Waals surface area contributed by atoms with Crippen molar-refractivity contribution in [1.29, 1.82) is 0 Å². The van der Waals surface area contributed by atoms with Crippen LogP contribution in [0.3, 0.4) is 0 Å². The van der Waals surface area contributed by atoms with E-state index in [1.807, 2.05) is 24.3 Å². The van der Waals surface area contributed by atoms with Gasteiger partial charge in [-0.2, -0.15) is 0 Å². The third-order valence-corrected chi connectivity index (χ3v) is 2.91. The summed E-state index contributed by atoms with van der Waals surface area (Å²) >= 11 is 0. The molecule has 0 radical (unpaired) electrons. The van der Waals surface area contributed by atoms with Gasteiger partial charge in [0.15, 0.2) is 0 Å². The molecule has 2 N–H and O–H groups in total. The minimum Gasteiger partial charge on any atom is -0.387 e. The van der Waals surface area contributed by atoms with Gasteiger partial charge in [-0.1, -0.05) is 26.0 Å². The highest BCUT2D eigenvalue weighted by Crippen LogP contribution is 2.14. The molecular weight excluding hydrogens is 228 g/mol. The van der Waals surface area contributed by atoms with Crippen molar-refractivity contribution < 1.29 is 9.53 Å². The molecule has 0 bridgehead atoms. The highest BCUT2D eigenvalue weighted by Gasteiger charge is 2.18. The lowest BCUT2D eigenvalue weighted by Crippen LogP contribution is -2.41. The second kappa shape index (κ2) is 7.01. The lowest BCUT2D eigenvalue weighted by atomic mass is 10.0. The zero-order chi connectivity index (χ0) is 13.5. The monoisotopic (exact) mass is 250 g/mol. The summed E-state index contributed by atoms with van der Waals surface area (Å²) in [7, 11) is 3.45. The van der Waals surface area contributed by atoms with Crippen molar-refractivity contribution in [2.75, 3.05) is 26.1 Å². The van der Waals surface area contributed by atoms with Gasteiger partial charge in [-0.25, -0.2) is 0 Å². The number of nitrogens with one attached hydrogen (secondary N) is 2. The molecule has 0 aliphatic carbocycles. The number of amides is 1. The predicted octanol–water partition coefficient (Wildman–Crippen LogP) is 2.13. The Hall–Kier alpha value is -1.55. The molecule has 4 nitrogen and oxygen atoms in total. The molecule has 0 saturated heterocycles. The maximum atomic E-state index is 12.2. The Labute approximate surface area is 109 Å². The van der Waals surface area contributed by atoms with Crippen molar-refractivity contribution in [2.45, 2.75) is 19.9 Å². The topological polar surface area (TPSA) is 50.4 Å². The fourth-order valence-corrected chi connectivity index (χ4v) is 1.73. The van der Waals surface area contributed by atoms with Gasteiger partial charge in [0.1, 0.15) is 0 Å². The Balaban J connectivity index is 2.80. The zero-order valence-electron chi connectivity index (χ0n) is 11.5. The van der Waals surface area contributed by atoms with Crippen LogP contribution in [0.1, 0.15) is 24.2 Å². The van der Waals surface area contributed by atoms with E-state index in [-0.39, 0.29) is 11.9 Å². The van der Waals surface area contributed by atoms with E-state index in [1.165, 1.54) is 0 Å². The van der Waals surface area contributed by atoms with Crippen LogP contribution >= 0.6 is 0 Å². The Bertz CT molecular complexity index is 391. The molecule has 100 valence electrons. The summed E-state index contributed by atoms with van der Waals surface area (Å²) in [6.45, 7) is 4.65. The quantitative estimate of drug-likeness (QED) is 0.813. The first-order chi connectivity index (χ1) is 8.60. The summed E-state index contributed by atoms with van der Waals surface area (Å²) in [5.74, 6) is 0.256. The lowest BCUT2D eigenvalue weighted by Gasteiger charge is -2.22. The van der Waals surface area contributed by atoms with Crippen LogP contribution in [0.15, 0.2) is 24.3 Å². The maximum absolute atomic E-state index is 12.2. The molecule has 0 fully saturated rings. The summed E-state index contributed by atoms with van der Waals surface area (Å²) < 4.78 is 5.13. The van der Waals surface area contributed by atoms with Crippen molar-refractivity contribution >= 4 is 11.6 Å². The van der Waals surface area contributed by atoms with Crippen LogP contribution in [-0.4, -0.2) is 32.7 Å². The molecule has 0 spiro atoms. The first-order valence-electron chi connectivity index (χ1n) is 6.16. The third kappa shape index (κ3) is 3.74. The van der Waals surface area contributed by atoms with Crippen LogP contribution in [0.4, 0.5) is 5.69 Å². The van der Waals surface area contributed by atoms with Crippen molar-refractivity contribution in [2.24, 2.45) is 5.92 Å². The van der Waals surface area contributed by atoms with E-state index >= 15 is 0 Å². The molecule has 0 aliphatic heterocycles. The average Bonchev–Trinajstić information content (AvgIpc) is 2.37. The van der Waals surface area contributed by atoms with E-state index in [0.717, 1.165) is 5.69 Å². The Kier molecular flexibility index (Phi) is 5.65. The van der Waals surface area contributed by atoms with Gasteiger partial charge in [0, 0.05) is 19.8 Å². The van der Waals surface area contributed by atoms with E-state index in [9.17, 15) is 4.79 Å². The molecule has 0 heterocycles. The lowest BCUT2D eigenvalue weighted by molar-refractivity contribution is 0.0867. The third-order valence-electron chi connectivity index (χ3n) is 2.91. The zero-order valence-corrected chi connectivity index (χ0v) is 11.5. The number of carbonyl (C=O) groups excluding carboxylic acids is 1. The standard InChI is InChI=1S/C14H22N2O2/c1-10(2)13(9-18-4)16-14(17)11-7-5-6-8-12(11)15-3/h5-8,10,13,15H,9H2,1-4H3,(H,16,17). The first-order valence-corrected chi connectivity index (χ1v) is 6.16. The van der Waals surface area contributed by atoms with Crippen LogP contribution in [0.25, 0.3) is 0 Å². The normalized spacial score (nSPS) is 12.3. The summed E-state index contributed by atoms with van der Waals surface area (Å²) in [6, 6.07) is 7.47. The molecule has 4 heteroatoms. The molecule has 1 aromatic carbocycles. The van der Waals surface area contributed by atoms with Gasteiger partial charge in [0.25, 0.3) is 5.91 Å². The largest absolute Gasteiger partial charge is 0.387 e. The van der Waals surface area contributed by atoms with Crippen LogP contribution in [0, 0.1) is 5.92 Å². The van der Waals surface area contributed by atoms with Gasteiger partial charge in [-0.15, -0.1) is 0 Å². The van der Waals surface area contributed by atoms with Crippen molar-refractivity contribution in [3.05, 3.63) is 29.8 Å². The number of benzene rings is 1. The number of methoxy groups -OCH3 is 1. The number of hydrogen-bond donors (Lipinski definition) is 2. The van der Waals surface area contributed by atoms with E-state index in [2.05, 4.69) is 24.5 Å². The molecule has 1 atom stereocenters. The molecule has 18 heavy (non-hydrogen) atoms. The van der Waals surface area contributed by atoms with Crippen molar-refractivity contribution in [3.63, 3.8) is 0 Å². The number of rotatable bonds is 6. The molecule has 1 aromatic rings. The fourth-order valence-electron chi connectivity index (χ4n) is 1.73. The molecule has 0 aromatic heterocycles. The van der Waals surface area contributed by atoms with Crippen LogP contribution in [-0.2, 0) is 4.74 Å². The van der Waals surface area contributed by atoms with Crippen LogP contribution in [0.5, 0.6) is 0 Å². The minimum absolute atomic E-state index is 0.0208. The SMILES string of the molecule is CNc1ccccc1C(=O)NC(COC)C(C)C. The first kappa shape index (κ1) is 14.5. The molecule has 0 aliphatic rings. The fraction of sp³-hybridized carbons (Fsp3) is 0.500. The average molecular weight is 250 g/mol. The molecule has 0 saturated carbocycles. The number of anilines is 1. The highest BCUT2D eigenvalue weighted by molar-refractivity contribution is 5.99. The van der Waals surface area contributed by atoms with Gasteiger partial charge in [-0.3, -0.25) is 4.79 Å². The Morgan fingerprint density at radius 3 is 2.56 bits per heavy atom. The molecule has 1 rings (SSSR count). The Morgan fingerprint density at radius 2 is 2.00 bits per heavy atom. The minimum atomic E-state index is -0.0734. The molecule has 1 unspecified atom stereocenters. The summed E-state index contributed by atoms with van der Waals surface area (Å²) in [5, 5.41) is 6.02. The second-order valence-corrected chi connectivity index (χ2v) is 4.57. The van der Waals surface area contributed by atoms with E-state index < -0.39 is 0 Å². The van der Waals surface area contributed by atoms with E-state index in [1.54, 1.807) is 14.2 Å². The van der Waals surface area contributed by atoms with Gasteiger partial charge in [0.2, 0.25) is 0 Å². The molecular formula is C14H22N2O2. The van der Waals surface area contributed by atoms with Crippen LogP contribution < -0.4 is 10.6 Å². The van der Waals surface area contributed by atoms with E-state index in [0.29, 0.717) is 18.1 Å². The van der Waals surface area contributed by atoms with Crippen molar-refractivity contribution in [1.82, 2.24) is 5.32 Å². The predicted molar refractivity (Wildman–Crippen MR) is 74.0 cm³/mol.